The SMILES string of the molecule is C1CNCCNCCCNCCNC1.Cl.Cl.Cl.Cl. The zero-order valence-corrected chi connectivity index (χ0v) is 14.0. The predicted molar refractivity (Wildman–Crippen MR) is 89.7 cm³/mol. The van der Waals surface area contributed by atoms with E-state index in [-0.39, 0.29) is 49.6 Å². The second-order valence-corrected chi connectivity index (χ2v) is 3.71. The Hall–Kier alpha value is 1.00. The highest BCUT2D eigenvalue weighted by Crippen LogP contribution is 1.76. The van der Waals surface area contributed by atoms with Crippen molar-refractivity contribution in [2.24, 2.45) is 0 Å². The summed E-state index contributed by atoms with van der Waals surface area (Å²) in [5, 5.41) is 13.7. The maximum atomic E-state index is 3.42. The van der Waals surface area contributed by atoms with Gasteiger partial charge in [-0.25, -0.2) is 0 Å². The van der Waals surface area contributed by atoms with Crippen LogP contribution in [0.4, 0.5) is 0 Å². The quantitative estimate of drug-likeness (QED) is 0.525. The van der Waals surface area contributed by atoms with Crippen LogP contribution < -0.4 is 21.3 Å². The van der Waals surface area contributed by atoms with Gasteiger partial charge in [0.25, 0.3) is 0 Å². The van der Waals surface area contributed by atoms with Gasteiger partial charge < -0.3 is 21.3 Å². The molecule has 0 spiro atoms. The second kappa shape index (κ2) is 23.1. The van der Waals surface area contributed by atoms with E-state index in [1.807, 2.05) is 0 Å². The van der Waals surface area contributed by atoms with Crippen LogP contribution in [0.5, 0.6) is 0 Å². The van der Waals surface area contributed by atoms with E-state index < -0.39 is 0 Å². The molecule has 18 heavy (non-hydrogen) atoms. The van der Waals surface area contributed by atoms with Crippen molar-refractivity contribution in [2.75, 3.05) is 52.4 Å². The standard InChI is InChI=1S/C10H24N4.4ClH/c1-3-11-7-9-13-5-2-6-14-10-8-12-4-1;;;;/h11-14H,1-10H2;4*1H. The third-order valence-electron chi connectivity index (χ3n) is 2.37. The van der Waals surface area contributed by atoms with Crippen molar-refractivity contribution in [3.05, 3.63) is 0 Å². The Morgan fingerprint density at radius 3 is 0.778 bits per heavy atom. The minimum absolute atomic E-state index is 0. The summed E-state index contributed by atoms with van der Waals surface area (Å²) in [5.41, 5.74) is 0. The molecular formula is C10H28Cl4N4. The van der Waals surface area contributed by atoms with Crippen molar-refractivity contribution < 1.29 is 0 Å². The predicted octanol–water partition coefficient (Wildman–Crippen LogP) is 0.826. The van der Waals surface area contributed by atoms with Crippen LogP contribution in [0.25, 0.3) is 0 Å². The maximum absolute atomic E-state index is 3.42. The lowest BCUT2D eigenvalue weighted by Gasteiger charge is -2.10. The molecule has 1 aliphatic heterocycles. The third-order valence-corrected chi connectivity index (χ3v) is 2.37. The Bertz CT molecular complexity index is 79.1. The summed E-state index contributed by atoms with van der Waals surface area (Å²) in [4.78, 5) is 0. The first-order valence-electron chi connectivity index (χ1n) is 5.83. The van der Waals surface area contributed by atoms with E-state index >= 15 is 0 Å². The third kappa shape index (κ3) is 19.3. The fraction of sp³-hybridized carbons (Fsp3) is 1.00. The van der Waals surface area contributed by atoms with E-state index in [2.05, 4.69) is 21.3 Å². The summed E-state index contributed by atoms with van der Waals surface area (Å²) in [6.07, 6.45) is 2.44. The second-order valence-electron chi connectivity index (χ2n) is 3.71. The van der Waals surface area contributed by atoms with E-state index in [9.17, 15) is 0 Å². The minimum atomic E-state index is 0. The molecule has 0 radical (unpaired) electrons. The average Bonchev–Trinajstić information content (AvgIpc) is 2.22. The molecule has 0 aliphatic carbocycles. The number of hydrogen-bond donors (Lipinski definition) is 4. The molecule has 0 atom stereocenters. The molecule has 0 saturated carbocycles. The van der Waals surface area contributed by atoms with Crippen LogP contribution in [0.3, 0.4) is 0 Å². The summed E-state index contributed by atoms with van der Waals surface area (Å²) < 4.78 is 0. The van der Waals surface area contributed by atoms with Gasteiger partial charge in [-0.1, -0.05) is 0 Å². The highest BCUT2D eigenvalue weighted by atomic mass is 35.5. The lowest BCUT2D eigenvalue weighted by molar-refractivity contribution is 0.530. The molecule has 116 valence electrons. The van der Waals surface area contributed by atoms with E-state index in [1.54, 1.807) is 0 Å². The van der Waals surface area contributed by atoms with Gasteiger partial charge in [-0.15, -0.1) is 49.6 Å². The fourth-order valence-corrected chi connectivity index (χ4v) is 1.53. The van der Waals surface area contributed by atoms with Gasteiger partial charge in [-0.05, 0) is 39.0 Å². The molecule has 4 N–H and O–H groups in total. The van der Waals surface area contributed by atoms with Gasteiger partial charge in [-0.3, -0.25) is 0 Å². The first-order chi connectivity index (χ1) is 7.00. The number of nitrogens with one attached hydrogen (secondary N) is 4. The van der Waals surface area contributed by atoms with Gasteiger partial charge in [-0.2, -0.15) is 0 Å². The fourth-order valence-electron chi connectivity index (χ4n) is 1.53. The van der Waals surface area contributed by atoms with Gasteiger partial charge in [0.15, 0.2) is 0 Å². The Labute approximate surface area is 136 Å². The average molecular weight is 346 g/mol. The zero-order valence-electron chi connectivity index (χ0n) is 10.7. The summed E-state index contributed by atoms with van der Waals surface area (Å²) in [6.45, 7) is 8.87. The maximum Gasteiger partial charge on any atom is 0.00767 e. The first-order valence-corrected chi connectivity index (χ1v) is 5.83. The van der Waals surface area contributed by atoms with Gasteiger partial charge in [0.1, 0.15) is 0 Å². The number of halogens is 4. The Balaban J connectivity index is -0.000000245. The molecule has 1 fully saturated rings. The highest BCUT2D eigenvalue weighted by Gasteiger charge is 1.93. The van der Waals surface area contributed by atoms with Crippen LogP contribution in [0.2, 0.25) is 0 Å². The van der Waals surface area contributed by atoms with Gasteiger partial charge in [0.2, 0.25) is 0 Å². The van der Waals surface area contributed by atoms with Crippen LogP contribution in [0.15, 0.2) is 0 Å². The smallest absolute Gasteiger partial charge is 0.00767 e. The van der Waals surface area contributed by atoms with E-state index in [0.29, 0.717) is 0 Å². The monoisotopic (exact) mass is 344 g/mol. The summed E-state index contributed by atoms with van der Waals surface area (Å²) >= 11 is 0. The van der Waals surface area contributed by atoms with Crippen molar-refractivity contribution in [1.82, 2.24) is 21.3 Å². The lowest BCUT2D eigenvalue weighted by atomic mass is 10.3. The summed E-state index contributed by atoms with van der Waals surface area (Å²) in [6, 6.07) is 0. The van der Waals surface area contributed by atoms with Crippen molar-refractivity contribution in [3.63, 3.8) is 0 Å². The van der Waals surface area contributed by atoms with Crippen LogP contribution in [-0.2, 0) is 0 Å². The summed E-state index contributed by atoms with van der Waals surface area (Å²) in [5.74, 6) is 0. The van der Waals surface area contributed by atoms with E-state index in [1.165, 1.54) is 12.8 Å². The van der Waals surface area contributed by atoms with Gasteiger partial charge in [0.05, 0.1) is 0 Å². The molecule has 4 nitrogen and oxygen atoms in total. The molecule has 0 bridgehead atoms. The molecule has 0 aromatic carbocycles. The molecule has 8 heteroatoms. The zero-order chi connectivity index (χ0) is 9.90. The number of hydrogen-bond acceptors (Lipinski definition) is 4. The van der Waals surface area contributed by atoms with Gasteiger partial charge >= 0.3 is 0 Å². The van der Waals surface area contributed by atoms with Crippen molar-refractivity contribution in [3.8, 4) is 0 Å². The van der Waals surface area contributed by atoms with Crippen LogP contribution in [-0.4, -0.2) is 52.4 Å². The van der Waals surface area contributed by atoms with E-state index in [0.717, 1.165) is 52.4 Å². The van der Waals surface area contributed by atoms with Crippen LogP contribution in [0.1, 0.15) is 12.8 Å². The largest absolute Gasteiger partial charge is 0.315 e. The molecular weight excluding hydrogens is 318 g/mol. The van der Waals surface area contributed by atoms with Crippen molar-refractivity contribution in [1.29, 1.82) is 0 Å². The molecule has 0 aromatic heterocycles. The molecule has 1 heterocycles. The molecule has 0 unspecified atom stereocenters. The Morgan fingerprint density at radius 2 is 0.556 bits per heavy atom. The number of rotatable bonds is 0. The molecule has 0 amide bonds. The van der Waals surface area contributed by atoms with E-state index in [4.69, 9.17) is 0 Å². The molecule has 1 aliphatic rings. The Kier molecular flexibility index (Phi) is 35.1. The van der Waals surface area contributed by atoms with Crippen LogP contribution in [0, 0.1) is 0 Å². The van der Waals surface area contributed by atoms with Crippen molar-refractivity contribution in [2.45, 2.75) is 12.8 Å². The molecule has 0 aromatic rings. The highest BCUT2D eigenvalue weighted by molar-refractivity contribution is 5.86. The topological polar surface area (TPSA) is 48.1 Å². The first kappa shape index (κ1) is 27.4. The normalized spacial score (nSPS) is 18.7. The molecule has 1 saturated heterocycles. The lowest BCUT2D eigenvalue weighted by Crippen LogP contribution is -2.34. The summed E-state index contributed by atoms with van der Waals surface area (Å²) in [7, 11) is 0. The Morgan fingerprint density at radius 1 is 0.333 bits per heavy atom. The van der Waals surface area contributed by atoms with Crippen LogP contribution >= 0.6 is 49.6 Å². The minimum Gasteiger partial charge on any atom is -0.315 e. The van der Waals surface area contributed by atoms with Gasteiger partial charge in [0, 0.05) is 26.2 Å². The molecule has 1 rings (SSSR count). The van der Waals surface area contributed by atoms with Crippen molar-refractivity contribution >= 4 is 49.6 Å².